The molecule has 0 bridgehead atoms. The van der Waals surface area contributed by atoms with Crippen LogP contribution in [0.1, 0.15) is 24.5 Å². The Kier molecular flexibility index (Phi) is 3.88. The Balaban J connectivity index is 2.35. The maximum atomic E-state index is 4.43. The Morgan fingerprint density at radius 3 is 2.69 bits per heavy atom. The standard InChI is InChI=1S/C10H18N2S/c1-8(2)12(4)6-5-10-11-9(3)7-13-10/h7-8H,5-6H2,1-4H3. The van der Waals surface area contributed by atoms with Crippen molar-refractivity contribution in [2.24, 2.45) is 0 Å². The first kappa shape index (κ1) is 10.7. The quantitative estimate of drug-likeness (QED) is 0.738. The molecule has 0 aliphatic rings. The number of likely N-dealkylation sites (N-methyl/N-ethyl adjacent to an activating group) is 1. The van der Waals surface area contributed by atoms with Crippen molar-refractivity contribution in [3.05, 3.63) is 16.1 Å². The predicted molar refractivity (Wildman–Crippen MR) is 58.3 cm³/mol. The minimum absolute atomic E-state index is 0.626. The second-order valence-electron chi connectivity index (χ2n) is 3.71. The molecule has 1 rings (SSSR count). The molecule has 0 N–H and O–H groups in total. The van der Waals surface area contributed by atoms with E-state index in [2.05, 4.69) is 36.2 Å². The molecule has 13 heavy (non-hydrogen) atoms. The van der Waals surface area contributed by atoms with E-state index in [-0.39, 0.29) is 0 Å². The SMILES string of the molecule is Cc1csc(CCN(C)C(C)C)n1. The van der Waals surface area contributed by atoms with E-state index in [0.29, 0.717) is 6.04 Å². The minimum Gasteiger partial charge on any atom is -0.304 e. The molecule has 1 aromatic rings. The van der Waals surface area contributed by atoms with Crippen molar-refractivity contribution in [1.82, 2.24) is 9.88 Å². The molecule has 1 aromatic heterocycles. The molecule has 0 amide bonds. The minimum atomic E-state index is 0.626. The van der Waals surface area contributed by atoms with Gasteiger partial charge in [-0.2, -0.15) is 0 Å². The van der Waals surface area contributed by atoms with Crippen LogP contribution >= 0.6 is 11.3 Å². The molecule has 0 spiro atoms. The normalized spacial score (nSPS) is 11.5. The molecule has 0 aliphatic heterocycles. The summed E-state index contributed by atoms with van der Waals surface area (Å²) in [4.78, 5) is 6.78. The Labute approximate surface area is 84.6 Å². The van der Waals surface area contributed by atoms with Gasteiger partial charge in [0.2, 0.25) is 0 Å². The number of aryl methyl sites for hydroxylation is 1. The van der Waals surface area contributed by atoms with Crippen LogP contribution in [-0.4, -0.2) is 29.5 Å². The van der Waals surface area contributed by atoms with Crippen molar-refractivity contribution in [2.45, 2.75) is 33.2 Å². The van der Waals surface area contributed by atoms with Gasteiger partial charge in [0.15, 0.2) is 0 Å². The molecule has 0 aromatic carbocycles. The first-order valence-corrected chi connectivity index (χ1v) is 5.59. The van der Waals surface area contributed by atoms with Crippen LogP contribution in [0, 0.1) is 6.92 Å². The molecular formula is C10H18N2S. The van der Waals surface area contributed by atoms with Gasteiger partial charge in [-0.05, 0) is 27.8 Å². The average Bonchev–Trinajstić information content (AvgIpc) is 2.47. The molecule has 0 aliphatic carbocycles. The lowest BCUT2D eigenvalue weighted by molar-refractivity contribution is 0.277. The first-order valence-electron chi connectivity index (χ1n) is 4.71. The number of hydrogen-bond donors (Lipinski definition) is 0. The summed E-state index contributed by atoms with van der Waals surface area (Å²) in [5, 5.41) is 3.37. The largest absolute Gasteiger partial charge is 0.304 e. The number of thiazole rings is 1. The van der Waals surface area contributed by atoms with E-state index in [1.165, 1.54) is 5.01 Å². The van der Waals surface area contributed by atoms with E-state index in [4.69, 9.17) is 0 Å². The Morgan fingerprint density at radius 2 is 2.23 bits per heavy atom. The van der Waals surface area contributed by atoms with Crippen LogP contribution in [0.2, 0.25) is 0 Å². The van der Waals surface area contributed by atoms with E-state index < -0.39 is 0 Å². The van der Waals surface area contributed by atoms with Crippen molar-refractivity contribution in [1.29, 1.82) is 0 Å². The van der Waals surface area contributed by atoms with Crippen molar-refractivity contribution in [3.8, 4) is 0 Å². The lowest BCUT2D eigenvalue weighted by Crippen LogP contribution is -2.28. The molecule has 0 unspecified atom stereocenters. The van der Waals surface area contributed by atoms with Gasteiger partial charge in [0.25, 0.3) is 0 Å². The number of aromatic nitrogens is 1. The number of rotatable bonds is 4. The summed E-state index contributed by atoms with van der Waals surface area (Å²) in [5.41, 5.74) is 1.15. The fraction of sp³-hybridized carbons (Fsp3) is 0.700. The fourth-order valence-electron chi connectivity index (χ4n) is 1.05. The van der Waals surface area contributed by atoms with Crippen LogP contribution in [0.3, 0.4) is 0 Å². The zero-order valence-electron chi connectivity index (χ0n) is 8.87. The number of hydrogen-bond acceptors (Lipinski definition) is 3. The van der Waals surface area contributed by atoms with Crippen LogP contribution in [0.5, 0.6) is 0 Å². The van der Waals surface area contributed by atoms with Crippen LogP contribution in [0.15, 0.2) is 5.38 Å². The van der Waals surface area contributed by atoms with Gasteiger partial charge in [0.05, 0.1) is 5.01 Å². The summed E-state index contributed by atoms with van der Waals surface area (Å²) in [6.45, 7) is 7.58. The maximum Gasteiger partial charge on any atom is 0.0940 e. The van der Waals surface area contributed by atoms with Crippen molar-refractivity contribution < 1.29 is 0 Å². The molecule has 0 saturated carbocycles. The second kappa shape index (κ2) is 4.72. The van der Waals surface area contributed by atoms with Crippen LogP contribution in [0.4, 0.5) is 0 Å². The topological polar surface area (TPSA) is 16.1 Å². The van der Waals surface area contributed by atoms with Crippen molar-refractivity contribution >= 4 is 11.3 Å². The molecule has 0 atom stereocenters. The van der Waals surface area contributed by atoms with Gasteiger partial charge in [-0.15, -0.1) is 11.3 Å². The Morgan fingerprint density at radius 1 is 1.54 bits per heavy atom. The van der Waals surface area contributed by atoms with Gasteiger partial charge in [-0.1, -0.05) is 0 Å². The fourth-order valence-corrected chi connectivity index (χ4v) is 1.81. The van der Waals surface area contributed by atoms with Crippen LogP contribution in [0.25, 0.3) is 0 Å². The van der Waals surface area contributed by atoms with Gasteiger partial charge >= 0.3 is 0 Å². The highest BCUT2D eigenvalue weighted by Gasteiger charge is 2.04. The Hall–Kier alpha value is -0.410. The molecule has 0 saturated heterocycles. The zero-order chi connectivity index (χ0) is 9.84. The van der Waals surface area contributed by atoms with E-state index in [1.807, 2.05) is 6.92 Å². The smallest absolute Gasteiger partial charge is 0.0940 e. The second-order valence-corrected chi connectivity index (χ2v) is 4.65. The average molecular weight is 198 g/mol. The van der Waals surface area contributed by atoms with E-state index in [1.54, 1.807) is 11.3 Å². The molecular weight excluding hydrogens is 180 g/mol. The zero-order valence-corrected chi connectivity index (χ0v) is 9.69. The first-order chi connectivity index (χ1) is 6.09. The van der Waals surface area contributed by atoms with Gasteiger partial charge in [0.1, 0.15) is 0 Å². The predicted octanol–water partition coefficient (Wildman–Crippen LogP) is 2.33. The maximum absolute atomic E-state index is 4.43. The highest BCUT2D eigenvalue weighted by molar-refractivity contribution is 7.09. The summed E-state index contributed by atoms with van der Waals surface area (Å²) in [5.74, 6) is 0. The van der Waals surface area contributed by atoms with Crippen LogP contribution < -0.4 is 0 Å². The molecule has 3 heteroatoms. The highest BCUT2D eigenvalue weighted by atomic mass is 32.1. The summed E-state index contributed by atoms with van der Waals surface area (Å²) < 4.78 is 0. The lowest BCUT2D eigenvalue weighted by Gasteiger charge is -2.19. The van der Waals surface area contributed by atoms with E-state index >= 15 is 0 Å². The molecule has 1 heterocycles. The molecule has 0 radical (unpaired) electrons. The van der Waals surface area contributed by atoms with Gasteiger partial charge in [0, 0.05) is 30.1 Å². The summed E-state index contributed by atoms with van der Waals surface area (Å²) >= 11 is 1.77. The number of nitrogens with zero attached hydrogens (tertiary/aromatic N) is 2. The van der Waals surface area contributed by atoms with Crippen LogP contribution in [-0.2, 0) is 6.42 Å². The molecule has 2 nitrogen and oxygen atoms in total. The van der Waals surface area contributed by atoms with Gasteiger partial charge in [-0.3, -0.25) is 0 Å². The van der Waals surface area contributed by atoms with Crippen molar-refractivity contribution in [2.75, 3.05) is 13.6 Å². The third-order valence-corrected chi connectivity index (χ3v) is 3.25. The third-order valence-electron chi connectivity index (χ3n) is 2.23. The Bertz CT molecular complexity index is 255. The van der Waals surface area contributed by atoms with E-state index in [9.17, 15) is 0 Å². The van der Waals surface area contributed by atoms with Gasteiger partial charge < -0.3 is 4.90 Å². The summed E-state index contributed by atoms with van der Waals surface area (Å²) in [6, 6.07) is 0.626. The monoisotopic (exact) mass is 198 g/mol. The summed E-state index contributed by atoms with van der Waals surface area (Å²) in [7, 11) is 2.16. The van der Waals surface area contributed by atoms with Gasteiger partial charge in [-0.25, -0.2) is 4.98 Å². The molecule has 0 fully saturated rings. The summed E-state index contributed by atoms with van der Waals surface area (Å²) in [6.07, 6.45) is 1.08. The third kappa shape index (κ3) is 3.44. The highest BCUT2D eigenvalue weighted by Crippen LogP contribution is 2.09. The molecule has 74 valence electrons. The lowest BCUT2D eigenvalue weighted by atomic mass is 10.3. The van der Waals surface area contributed by atoms with E-state index in [0.717, 1.165) is 18.7 Å². The van der Waals surface area contributed by atoms with Crippen molar-refractivity contribution in [3.63, 3.8) is 0 Å².